The van der Waals surface area contributed by atoms with Gasteiger partial charge in [0.05, 0.1) is 0 Å². The maximum absolute atomic E-state index is 11.7. The van der Waals surface area contributed by atoms with Crippen molar-refractivity contribution in [3.8, 4) is 0 Å². The summed E-state index contributed by atoms with van der Waals surface area (Å²) in [5, 5.41) is 15.4. The highest BCUT2D eigenvalue weighted by atomic mass is 32.1. The molecule has 6 heteroatoms. The molecule has 1 aromatic heterocycles. The lowest BCUT2D eigenvalue weighted by Gasteiger charge is -2.11. The quantitative estimate of drug-likeness (QED) is 0.841. The summed E-state index contributed by atoms with van der Waals surface area (Å²) in [7, 11) is 0. The van der Waals surface area contributed by atoms with Gasteiger partial charge >= 0.3 is 5.97 Å². The zero-order chi connectivity index (χ0) is 12.3. The van der Waals surface area contributed by atoms with Crippen molar-refractivity contribution < 1.29 is 19.4 Å². The summed E-state index contributed by atoms with van der Waals surface area (Å²) >= 11 is 1.57. The monoisotopic (exact) mass is 255 g/mol. The summed E-state index contributed by atoms with van der Waals surface area (Å²) in [6.07, 6.45) is -0.611. The van der Waals surface area contributed by atoms with Crippen LogP contribution in [-0.4, -0.2) is 29.2 Å². The van der Waals surface area contributed by atoms with Crippen molar-refractivity contribution in [1.82, 2.24) is 5.32 Å². The van der Waals surface area contributed by atoms with E-state index in [0.29, 0.717) is 19.4 Å². The first-order valence-corrected chi connectivity index (χ1v) is 6.28. The number of aliphatic carboxylic acids is 1. The summed E-state index contributed by atoms with van der Waals surface area (Å²) in [6.45, 7) is 0.458. The van der Waals surface area contributed by atoms with Crippen LogP contribution in [0.3, 0.4) is 0 Å². The number of carbonyl (C=O) groups excluding carboxylic acids is 1. The fourth-order valence-corrected chi connectivity index (χ4v) is 2.38. The van der Waals surface area contributed by atoms with E-state index in [9.17, 15) is 9.59 Å². The first-order valence-electron chi connectivity index (χ1n) is 5.34. The number of rotatable bonds is 4. The molecule has 0 radical (unpaired) electrons. The van der Waals surface area contributed by atoms with Crippen molar-refractivity contribution in [2.75, 3.05) is 0 Å². The molecule has 1 amide bonds. The molecule has 0 saturated carbocycles. The Balaban J connectivity index is 1.79. The van der Waals surface area contributed by atoms with Crippen molar-refractivity contribution in [2.24, 2.45) is 0 Å². The Bertz CT molecular complexity index is 404. The highest BCUT2D eigenvalue weighted by Crippen LogP contribution is 2.20. The van der Waals surface area contributed by atoms with Crippen LogP contribution in [0.2, 0.25) is 0 Å². The van der Waals surface area contributed by atoms with Crippen LogP contribution < -0.4 is 5.32 Å². The second kappa shape index (κ2) is 5.29. The molecule has 2 N–H and O–H groups in total. The third kappa shape index (κ3) is 3.04. The summed E-state index contributed by atoms with van der Waals surface area (Å²) in [4.78, 5) is 22.3. The van der Waals surface area contributed by atoms with Gasteiger partial charge in [-0.15, -0.1) is 0 Å². The third-order valence-electron chi connectivity index (χ3n) is 2.63. The minimum Gasteiger partial charge on any atom is -0.479 e. The zero-order valence-corrected chi connectivity index (χ0v) is 9.90. The molecule has 2 rings (SSSR count). The van der Waals surface area contributed by atoms with E-state index in [1.165, 1.54) is 0 Å². The third-order valence-corrected chi connectivity index (χ3v) is 3.37. The molecule has 2 atom stereocenters. The maximum atomic E-state index is 11.7. The molecule has 1 aliphatic rings. The van der Waals surface area contributed by atoms with Gasteiger partial charge in [-0.2, -0.15) is 11.3 Å². The van der Waals surface area contributed by atoms with Crippen LogP contribution in [0.5, 0.6) is 0 Å². The summed E-state index contributed by atoms with van der Waals surface area (Å²) < 4.78 is 5.15. The number of hydrogen-bond donors (Lipinski definition) is 2. The highest BCUT2D eigenvalue weighted by molar-refractivity contribution is 7.07. The Morgan fingerprint density at radius 3 is 2.82 bits per heavy atom. The van der Waals surface area contributed by atoms with Gasteiger partial charge in [0.25, 0.3) is 0 Å². The largest absolute Gasteiger partial charge is 0.479 e. The lowest BCUT2D eigenvalue weighted by molar-refractivity contribution is -0.151. The number of nitrogens with one attached hydrogen (secondary N) is 1. The molecular weight excluding hydrogens is 242 g/mol. The standard InChI is InChI=1S/C11H13NO4S/c13-10(12-5-7-3-4-17-6-7)8-1-2-9(16-8)11(14)15/h3-4,6,8-9H,1-2,5H2,(H,12,13)(H,14,15). The summed E-state index contributed by atoms with van der Waals surface area (Å²) in [5.41, 5.74) is 1.04. The van der Waals surface area contributed by atoms with Gasteiger partial charge in [0.2, 0.25) is 5.91 Å². The fraction of sp³-hybridized carbons (Fsp3) is 0.455. The smallest absolute Gasteiger partial charge is 0.332 e. The molecule has 0 aliphatic carbocycles. The first kappa shape index (κ1) is 12.1. The lowest BCUT2D eigenvalue weighted by atomic mass is 10.2. The van der Waals surface area contributed by atoms with Gasteiger partial charge in [0.1, 0.15) is 6.10 Å². The van der Waals surface area contributed by atoms with E-state index < -0.39 is 18.2 Å². The van der Waals surface area contributed by atoms with Gasteiger partial charge in [0.15, 0.2) is 6.10 Å². The van der Waals surface area contributed by atoms with Gasteiger partial charge < -0.3 is 15.2 Å². The van der Waals surface area contributed by atoms with Crippen molar-refractivity contribution >= 4 is 23.2 Å². The normalized spacial score (nSPS) is 23.5. The molecule has 1 aromatic rings. The predicted molar refractivity (Wildman–Crippen MR) is 61.7 cm³/mol. The second-order valence-corrected chi connectivity index (χ2v) is 4.66. The number of carboxylic acids is 1. The van der Waals surface area contributed by atoms with Gasteiger partial charge in [0, 0.05) is 6.54 Å². The Labute approximate surface area is 102 Å². The molecule has 0 bridgehead atoms. The van der Waals surface area contributed by atoms with Crippen molar-refractivity contribution in [3.05, 3.63) is 22.4 Å². The number of amides is 1. The van der Waals surface area contributed by atoms with Crippen molar-refractivity contribution in [3.63, 3.8) is 0 Å². The maximum Gasteiger partial charge on any atom is 0.332 e. The summed E-state index contributed by atoms with van der Waals surface area (Å²) in [5.74, 6) is -1.24. The van der Waals surface area contributed by atoms with E-state index in [-0.39, 0.29) is 5.91 Å². The van der Waals surface area contributed by atoms with Gasteiger partial charge in [-0.05, 0) is 35.2 Å². The van der Waals surface area contributed by atoms with E-state index in [1.807, 2.05) is 16.8 Å². The number of hydrogen-bond acceptors (Lipinski definition) is 4. The Kier molecular flexibility index (Phi) is 3.75. The highest BCUT2D eigenvalue weighted by Gasteiger charge is 2.34. The van der Waals surface area contributed by atoms with Crippen LogP contribution in [0.4, 0.5) is 0 Å². The molecule has 2 unspecified atom stereocenters. The predicted octanol–water partition coefficient (Wildman–Crippen LogP) is 0.996. The van der Waals surface area contributed by atoms with Gasteiger partial charge in [-0.25, -0.2) is 4.79 Å². The molecule has 2 heterocycles. The first-order chi connectivity index (χ1) is 8.16. The molecule has 0 spiro atoms. The average Bonchev–Trinajstić information content (AvgIpc) is 2.96. The number of carboxylic acid groups (broad SMARTS) is 1. The van der Waals surface area contributed by atoms with Crippen LogP contribution in [0, 0.1) is 0 Å². The second-order valence-electron chi connectivity index (χ2n) is 3.88. The van der Waals surface area contributed by atoms with Crippen molar-refractivity contribution in [1.29, 1.82) is 0 Å². The molecule has 1 fully saturated rings. The number of ether oxygens (including phenoxy) is 1. The topological polar surface area (TPSA) is 75.6 Å². The summed E-state index contributed by atoms with van der Waals surface area (Å²) in [6, 6.07) is 1.93. The van der Waals surface area contributed by atoms with E-state index in [0.717, 1.165) is 5.56 Å². The zero-order valence-electron chi connectivity index (χ0n) is 9.09. The Morgan fingerprint density at radius 2 is 2.24 bits per heavy atom. The van der Waals surface area contributed by atoms with Crippen LogP contribution >= 0.6 is 11.3 Å². The molecular formula is C11H13NO4S. The Morgan fingerprint density at radius 1 is 1.47 bits per heavy atom. The van der Waals surface area contributed by atoms with E-state index in [4.69, 9.17) is 9.84 Å². The van der Waals surface area contributed by atoms with E-state index >= 15 is 0 Å². The van der Waals surface area contributed by atoms with E-state index in [1.54, 1.807) is 11.3 Å². The molecule has 17 heavy (non-hydrogen) atoms. The van der Waals surface area contributed by atoms with Crippen LogP contribution in [0.25, 0.3) is 0 Å². The molecule has 1 aliphatic heterocycles. The molecule has 0 aromatic carbocycles. The van der Waals surface area contributed by atoms with Crippen LogP contribution in [0.15, 0.2) is 16.8 Å². The lowest BCUT2D eigenvalue weighted by Crippen LogP contribution is -2.35. The fourth-order valence-electron chi connectivity index (χ4n) is 1.71. The van der Waals surface area contributed by atoms with Crippen molar-refractivity contribution in [2.45, 2.75) is 31.6 Å². The van der Waals surface area contributed by atoms with Crippen LogP contribution in [-0.2, 0) is 20.9 Å². The number of thiophene rings is 1. The number of carbonyl (C=O) groups is 2. The Hall–Kier alpha value is -1.40. The minimum absolute atomic E-state index is 0.236. The van der Waals surface area contributed by atoms with E-state index in [2.05, 4.69) is 5.32 Å². The minimum atomic E-state index is -1.00. The SMILES string of the molecule is O=C(O)C1CCC(C(=O)NCc2ccsc2)O1. The van der Waals surface area contributed by atoms with Gasteiger partial charge in [-0.1, -0.05) is 0 Å². The molecule has 5 nitrogen and oxygen atoms in total. The average molecular weight is 255 g/mol. The molecule has 92 valence electrons. The van der Waals surface area contributed by atoms with Gasteiger partial charge in [-0.3, -0.25) is 4.79 Å². The molecule has 1 saturated heterocycles. The van der Waals surface area contributed by atoms with Crippen LogP contribution in [0.1, 0.15) is 18.4 Å².